The molecule has 0 saturated heterocycles. The van der Waals surface area contributed by atoms with Gasteiger partial charge in [-0.2, -0.15) is 8.78 Å². The molecule has 0 saturated carbocycles. The number of hydrogen-bond acceptors (Lipinski definition) is 2. The maximum absolute atomic E-state index is 14.0. The van der Waals surface area contributed by atoms with Crippen molar-refractivity contribution in [1.29, 1.82) is 0 Å². The average Bonchev–Trinajstić information content (AvgIpc) is 2.87. The lowest BCUT2D eigenvalue weighted by Crippen LogP contribution is -2.23. The van der Waals surface area contributed by atoms with Gasteiger partial charge in [-0.1, -0.05) is 36.4 Å². The number of rotatable bonds is 4. The van der Waals surface area contributed by atoms with Gasteiger partial charge in [0.05, 0.1) is 6.10 Å². The first-order valence-electron chi connectivity index (χ1n) is 6.93. The van der Waals surface area contributed by atoms with Gasteiger partial charge in [-0.05, 0) is 36.1 Å². The molecule has 110 valence electrons. The highest BCUT2D eigenvalue weighted by Crippen LogP contribution is 2.34. The Morgan fingerprint density at radius 2 is 1.90 bits per heavy atom. The van der Waals surface area contributed by atoms with Crippen LogP contribution in [0.15, 0.2) is 48.5 Å². The highest BCUT2D eigenvalue weighted by atomic mass is 19.3. The second-order valence-corrected chi connectivity index (χ2v) is 5.27. The fourth-order valence-corrected chi connectivity index (χ4v) is 2.60. The molecule has 0 fully saturated rings. The minimum atomic E-state index is -3.03. The summed E-state index contributed by atoms with van der Waals surface area (Å²) in [5, 5.41) is 9.72. The molecule has 0 radical (unpaired) electrons. The molecule has 0 aliphatic heterocycles. The second kappa shape index (κ2) is 5.45. The number of aliphatic hydroxyl groups excluding tert-OH is 1. The van der Waals surface area contributed by atoms with Crippen LogP contribution in [-0.4, -0.2) is 11.7 Å². The van der Waals surface area contributed by atoms with E-state index in [1.165, 1.54) is 12.1 Å². The van der Waals surface area contributed by atoms with E-state index in [2.05, 4.69) is 0 Å². The van der Waals surface area contributed by atoms with Crippen LogP contribution in [0.1, 0.15) is 29.2 Å². The molecule has 3 rings (SSSR count). The lowest BCUT2D eigenvalue weighted by molar-refractivity contribution is -0.0467. The second-order valence-electron chi connectivity index (χ2n) is 5.27. The van der Waals surface area contributed by atoms with Crippen LogP contribution in [0.2, 0.25) is 0 Å². The molecule has 2 aromatic carbocycles. The van der Waals surface area contributed by atoms with Crippen LogP contribution in [0.4, 0.5) is 8.78 Å². The number of benzene rings is 2. The molecule has 21 heavy (non-hydrogen) atoms. The van der Waals surface area contributed by atoms with Crippen molar-refractivity contribution in [3.05, 3.63) is 65.2 Å². The Kier molecular flexibility index (Phi) is 3.64. The molecule has 0 amide bonds. The van der Waals surface area contributed by atoms with Crippen molar-refractivity contribution in [3.63, 3.8) is 0 Å². The number of fused-ring (bicyclic) bond motifs is 1. The summed E-state index contributed by atoms with van der Waals surface area (Å²) in [7, 11) is 0. The van der Waals surface area contributed by atoms with E-state index in [1.54, 1.807) is 36.4 Å². The van der Waals surface area contributed by atoms with E-state index >= 15 is 0 Å². The summed E-state index contributed by atoms with van der Waals surface area (Å²) in [5.41, 5.74) is 1.79. The van der Waals surface area contributed by atoms with Gasteiger partial charge in [0.1, 0.15) is 5.75 Å². The van der Waals surface area contributed by atoms with Crippen molar-refractivity contribution in [1.82, 2.24) is 0 Å². The van der Waals surface area contributed by atoms with Crippen LogP contribution in [0, 0.1) is 0 Å². The third-order valence-electron chi connectivity index (χ3n) is 3.78. The zero-order chi connectivity index (χ0) is 14.9. The van der Waals surface area contributed by atoms with Gasteiger partial charge in [0, 0.05) is 5.56 Å². The summed E-state index contributed by atoms with van der Waals surface area (Å²) in [6.45, 7) is -0.696. The van der Waals surface area contributed by atoms with Gasteiger partial charge < -0.3 is 9.84 Å². The molecule has 0 spiro atoms. The number of ether oxygens (including phenoxy) is 1. The average molecular weight is 290 g/mol. The van der Waals surface area contributed by atoms with Crippen molar-refractivity contribution in [3.8, 4) is 5.75 Å². The van der Waals surface area contributed by atoms with E-state index in [9.17, 15) is 13.9 Å². The molecule has 1 aliphatic carbocycles. The van der Waals surface area contributed by atoms with Crippen molar-refractivity contribution < 1.29 is 18.6 Å². The number of hydrogen-bond donors (Lipinski definition) is 1. The number of halogens is 2. The number of aryl methyl sites for hydroxylation is 1. The highest BCUT2D eigenvalue weighted by molar-refractivity contribution is 5.40. The Morgan fingerprint density at radius 1 is 1.14 bits per heavy atom. The lowest BCUT2D eigenvalue weighted by atomic mass is 10.1. The van der Waals surface area contributed by atoms with Gasteiger partial charge in [0.25, 0.3) is 0 Å². The molecule has 2 aromatic rings. The normalized spacial score (nSPS) is 17.6. The van der Waals surface area contributed by atoms with Crippen LogP contribution in [-0.2, 0) is 12.3 Å². The zero-order valence-electron chi connectivity index (χ0n) is 11.4. The van der Waals surface area contributed by atoms with Crippen LogP contribution < -0.4 is 4.74 Å². The fourth-order valence-electron chi connectivity index (χ4n) is 2.60. The Labute approximate surface area is 122 Å². The van der Waals surface area contributed by atoms with Gasteiger partial charge in [0.15, 0.2) is 6.61 Å². The Hall–Kier alpha value is -1.94. The first kappa shape index (κ1) is 14.0. The molecule has 1 aliphatic rings. The first-order valence-corrected chi connectivity index (χ1v) is 6.93. The zero-order valence-corrected chi connectivity index (χ0v) is 11.4. The number of alkyl halides is 2. The van der Waals surface area contributed by atoms with Crippen LogP contribution in [0.3, 0.4) is 0 Å². The molecule has 0 unspecified atom stereocenters. The molecule has 1 atom stereocenters. The van der Waals surface area contributed by atoms with Crippen LogP contribution in [0.5, 0.6) is 5.75 Å². The van der Waals surface area contributed by atoms with Gasteiger partial charge in [-0.15, -0.1) is 0 Å². The Balaban J connectivity index is 1.71. The number of aliphatic hydroxyl groups is 1. The molecule has 4 heteroatoms. The van der Waals surface area contributed by atoms with E-state index in [0.29, 0.717) is 12.2 Å². The third kappa shape index (κ3) is 2.90. The maximum Gasteiger partial charge on any atom is 0.306 e. The fraction of sp³-hybridized carbons (Fsp3) is 0.294. The SMILES string of the molecule is O[C@@H]1CCc2cc(OCC(F)(F)c3ccccc3)ccc21. The molecular weight excluding hydrogens is 274 g/mol. The molecular formula is C17H16F2O2. The molecule has 0 heterocycles. The highest BCUT2D eigenvalue weighted by Gasteiger charge is 2.32. The minimum absolute atomic E-state index is 0.0541. The topological polar surface area (TPSA) is 29.5 Å². The molecule has 2 nitrogen and oxygen atoms in total. The summed E-state index contributed by atoms with van der Waals surface area (Å²) in [5.74, 6) is -2.61. The minimum Gasteiger partial charge on any atom is -0.487 e. The first-order chi connectivity index (χ1) is 10.1. The predicted octanol–water partition coefficient (Wildman–Crippen LogP) is 3.84. The Bertz CT molecular complexity index is 626. The standard InChI is InChI=1S/C17H16F2O2/c18-17(19,13-4-2-1-3-5-13)11-21-14-7-8-15-12(10-14)6-9-16(15)20/h1-5,7-8,10,16,20H,6,9,11H2/t16-/m1/s1. The van der Waals surface area contributed by atoms with Crippen LogP contribution in [0.25, 0.3) is 0 Å². The summed E-state index contributed by atoms with van der Waals surface area (Å²) in [6, 6.07) is 12.8. The van der Waals surface area contributed by atoms with E-state index in [1.807, 2.05) is 0 Å². The summed E-state index contributed by atoms with van der Waals surface area (Å²) in [4.78, 5) is 0. The van der Waals surface area contributed by atoms with E-state index in [0.717, 1.165) is 17.5 Å². The van der Waals surface area contributed by atoms with E-state index in [-0.39, 0.29) is 5.56 Å². The van der Waals surface area contributed by atoms with E-state index in [4.69, 9.17) is 4.74 Å². The third-order valence-corrected chi connectivity index (χ3v) is 3.78. The molecule has 0 bridgehead atoms. The quantitative estimate of drug-likeness (QED) is 0.927. The van der Waals surface area contributed by atoms with Crippen molar-refractivity contribution in [2.45, 2.75) is 24.9 Å². The summed E-state index contributed by atoms with van der Waals surface area (Å²) < 4.78 is 33.3. The maximum atomic E-state index is 14.0. The van der Waals surface area contributed by atoms with Crippen molar-refractivity contribution >= 4 is 0 Å². The largest absolute Gasteiger partial charge is 0.487 e. The van der Waals surface area contributed by atoms with E-state index < -0.39 is 18.6 Å². The summed E-state index contributed by atoms with van der Waals surface area (Å²) >= 11 is 0. The van der Waals surface area contributed by atoms with Gasteiger partial charge >= 0.3 is 5.92 Å². The van der Waals surface area contributed by atoms with Gasteiger partial charge in [0.2, 0.25) is 0 Å². The lowest BCUT2D eigenvalue weighted by Gasteiger charge is -2.18. The molecule has 0 aromatic heterocycles. The van der Waals surface area contributed by atoms with Crippen LogP contribution >= 0.6 is 0 Å². The smallest absolute Gasteiger partial charge is 0.306 e. The summed E-state index contributed by atoms with van der Waals surface area (Å²) in [6.07, 6.45) is 0.988. The van der Waals surface area contributed by atoms with Crippen molar-refractivity contribution in [2.24, 2.45) is 0 Å². The van der Waals surface area contributed by atoms with Gasteiger partial charge in [-0.3, -0.25) is 0 Å². The monoisotopic (exact) mass is 290 g/mol. The van der Waals surface area contributed by atoms with Crippen molar-refractivity contribution in [2.75, 3.05) is 6.61 Å². The van der Waals surface area contributed by atoms with Gasteiger partial charge in [-0.25, -0.2) is 0 Å². The Morgan fingerprint density at radius 3 is 2.67 bits per heavy atom. The molecule has 1 N–H and O–H groups in total. The predicted molar refractivity (Wildman–Crippen MR) is 75.6 cm³/mol.